The molecule has 0 aliphatic carbocycles. The lowest BCUT2D eigenvalue weighted by atomic mass is 9.99. The number of allylic oxidation sites excluding steroid dienone is 1. The van der Waals surface area contributed by atoms with E-state index in [-0.39, 0.29) is 30.0 Å². The molecule has 0 saturated heterocycles. The fraction of sp³-hybridized carbons (Fsp3) is 0.400. The predicted octanol–water partition coefficient (Wildman–Crippen LogP) is 1.57. The average Bonchev–Trinajstić information content (AvgIpc) is 2.78. The summed E-state index contributed by atoms with van der Waals surface area (Å²) in [6.07, 6.45) is 2.53. The number of nitrogens with one attached hydrogen (secondary N) is 1. The fourth-order valence-electron chi connectivity index (χ4n) is 2.75. The Labute approximate surface area is 123 Å². The van der Waals surface area contributed by atoms with Crippen molar-refractivity contribution in [2.75, 3.05) is 12.4 Å². The highest BCUT2D eigenvalue weighted by molar-refractivity contribution is 7.94. The van der Waals surface area contributed by atoms with Crippen LogP contribution in [0.25, 0.3) is 0 Å². The maximum absolute atomic E-state index is 12.1. The maximum atomic E-state index is 12.1. The zero-order chi connectivity index (χ0) is 14.9. The monoisotopic (exact) mass is 307 g/mol. The van der Waals surface area contributed by atoms with E-state index in [0.717, 1.165) is 17.7 Å². The molecule has 2 atom stereocenters. The second kappa shape index (κ2) is 5.52. The predicted molar refractivity (Wildman–Crippen MR) is 78.5 cm³/mol. The molecule has 0 radical (unpaired) electrons. The van der Waals surface area contributed by atoms with Crippen LogP contribution in [0.15, 0.2) is 35.7 Å². The van der Waals surface area contributed by atoms with Gasteiger partial charge >= 0.3 is 0 Å². The van der Waals surface area contributed by atoms with Crippen LogP contribution in [0, 0.1) is 5.92 Å². The van der Waals surface area contributed by atoms with Gasteiger partial charge in [0.05, 0.1) is 18.4 Å². The maximum Gasteiger partial charge on any atom is 0.221 e. The highest BCUT2D eigenvalue weighted by Gasteiger charge is 2.26. The van der Waals surface area contributed by atoms with Crippen LogP contribution in [0.5, 0.6) is 5.75 Å². The van der Waals surface area contributed by atoms with Crippen molar-refractivity contribution < 1.29 is 17.9 Å². The molecule has 1 aromatic rings. The van der Waals surface area contributed by atoms with Gasteiger partial charge in [-0.3, -0.25) is 4.79 Å². The minimum Gasteiger partial charge on any atom is -0.493 e. The molecule has 6 heteroatoms. The second-order valence-electron chi connectivity index (χ2n) is 5.42. The first-order valence-electron chi connectivity index (χ1n) is 6.95. The Morgan fingerprint density at radius 1 is 1.33 bits per heavy atom. The lowest BCUT2D eigenvalue weighted by Gasteiger charge is -2.26. The van der Waals surface area contributed by atoms with Gasteiger partial charge in [0.25, 0.3) is 0 Å². The Kier molecular flexibility index (Phi) is 3.71. The van der Waals surface area contributed by atoms with Crippen LogP contribution in [0.3, 0.4) is 0 Å². The number of para-hydroxylation sites is 1. The molecule has 0 bridgehead atoms. The zero-order valence-corrected chi connectivity index (χ0v) is 12.3. The Bertz CT molecular complexity index is 681. The number of carbonyl (C=O) groups excluding carboxylic acids is 1. The topological polar surface area (TPSA) is 72.5 Å². The summed E-state index contributed by atoms with van der Waals surface area (Å²) >= 11 is 0. The van der Waals surface area contributed by atoms with Crippen LogP contribution in [-0.2, 0) is 14.6 Å². The van der Waals surface area contributed by atoms with Gasteiger partial charge in [0.2, 0.25) is 5.91 Å². The minimum atomic E-state index is -3.10. The molecule has 1 amide bonds. The lowest BCUT2D eigenvalue weighted by Crippen LogP contribution is -2.33. The van der Waals surface area contributed by atoms with Crippen molar-refractivity contribution in [3.63, 3.8) is 0 Å². The molecular formula is C15H17NO4S. The molecule has 0 spiro atoms. The average molecular weight is 307 g/mol. The standard InChI is InChI=1S/C15H17NO4S/c17-15(9-11-6-8-21(18,19)10-11)16-13-5-7-20-14-4-2-1-3-12(13)14/h1-4,6,8,11,13H,5,7,9-10H2,(H,16,17)/t11-,13-/m1/s1. The number of hydrogen-bond acceptors (Lipinski definition) is 4. The molecule has 0 fully saturated rings. The third-order valence-electron chi connectivity index (χ3n) is 3.75. The highest BCUT2D eigenvalue weighted by Crippen LogP contribution is 2.31. The number of hydrogen-bond donors (Lipinski definition) is 1. The van der Waals surface area contributed by atoms with Gasteiger partial charge in [-0.1, -0.05) is 24.3 Å². The first-order chi connectivity index (χ1) is 10.0. The number of carbonyl (C=O) groups is 1. The van der Waals surface area contributed by atoms with Crippen LogP contribution < -0.4 is 10.1 Å². The Morgan fingerprint density at radius 3 is 2.90 bits per heavy atom. The van der Waals surface area contributed by atoms with Crippen LogP contribution in [0.1, 0.15) is 24.4 Å². The smallest absolute Gasteiger partial charge is 0.221 e. The summed E-state index contributed by atoms with van der Waals surface area (Å²) in [7, 11) is -3.10. The van der Waals surface area contributed by atoms with Crippen molar-refractivity contribution in [1.29, 1.82) is 0 Å². The van der Waals surface area contributed by atoms with Gasteiger partial charge in [-0.25, -0.2) is 8.42 Å². The molecule has 1 aromatic carbocycles. The highest BCUT2D eigenvalue weighted by atomic mass is 32.2. The first kappa shape index (κ1) is 14.1. The molecule has 1 N–H and O–H groups in total. The van der Waals surface area contributed by atoms with E-state index < -0.39 is 9.84 Å². The van der Waals surface area contributed by atoms with Crippen LogP contribution in [0.4, 0.5) is 0 Å². The van der Waals surface area contributed by atoms with Crippen molar-refractivity contribution in [3.8, 4) is 5.75 Å². The molecule has 3 rings (SSSR count). The molecule has 0 saturated carbocycles. The Balaban J connectivity index is 1.63. The second-order valence-corrected chi connectivity index (χ2v) is 7.35. The van der Waals surface area contributed by atoms with E-state index in [1.165, 1.54) is 5.41 Å². The largest absolute Gasteiger partial charge is 0.493 e. The summed E-state index contributed by atoms with van der Waals surface area (Å²) in [5.41, 5.74) is 0.978. The van der Waals surface area contributed by atoms with E-state index in [0.29, 0.717) is 6.61 Å². The lowest BCUT2D eigenvalue weighted by molar-refractivity contribution is -0.122. The van der Waals surface area contributed by atoms with E-state index in [9.17, 15) is 13.2 Å². The van der Waals surface area contributed by atoms with Gasteiger partial charge in [0, 0.05) is 29.7 Å². The third-order valence-corrected chi connectivity index (χ3v) is 5.21. The number of sulfone groups is 1. The molecular weight excluding hydrogens is 290 g/mol. The van der Waals surface area contributed by atoms with Gasteiger partial charge in [-0.05, 0) is 6.07 Å². The molecule has 112 valence electrons. The molecule has 0 aromatic heterocycles. The molecule has 2 heterocycles. The first-order valence-corrected chi connectivity index (χ1v) is 8.67. The van der Waals surface area contributed by atoms with Gasteiger partial charge in [-0.15, -0.1) is 0 Å². The van der Waals surface area contributed by atoms with Crippen molar-refractivity contribution in [2.24, 2.45) is 5.92 Å². The van der Waals surface area contributed by atoms with Crippen molar-refractivity contribution in [1.82, 2.24) is 5.32 Å². The summed E-state index contributed by atoms with van der Waals surface area (Å²) in [6.45, 7) is 0.569. The molecule has 21 heavy (non-hydrogen) atoms. The van der Waals surface area contributed by atoms with E-state index in [1.807, 2.05) is 24.3 Å². The minimum absolute atomic E-state index is 0.0325. The summed E-state index contributed by atoms with van der Waals surface area (Å²) in [4.78, 5) is 12.1. The summed E-state index contributed by atoms with van der Waals surface area (Å²) in [5.74, 6) is 0.496. The number of fused-ring (bicyclic) bond motifs is 1. The molecule has 2 aliphatic heterocycles. The van der Waals surface area contributed by atoms with Crippen molar-refractivity contribution in [3.05, 3.63) is 41.3 Å². The van der Waals surface area contributed by atoms with Gasteiger partial charge in [0.15, 0.2) is 9.84 Å². The normalized spacial score (nSPS) is 25.9. The number of amides is 1. The Hall–Kier alpha value is -1.82. The molecule has 2 aliphatic rings. The van der Waals surface area contributed by atoms with Crippen LogP contribution in [0.2, 0.25) is 0 Å². The zero-order valence-electron chi connectivity index (χ0n) is 11.5. The summed E-state index contributed by atoms with van der Waals surface area (Å²) < 4.78 is 28.2. The van der Waals surface area contributed by atoms with Gasteiger partial charge < -0.3 is 10.1 Å². The van der Waals surface area contributed by atoms with Gasteiger partial charge in [0.1, 0.15) is 5.75 Å². The molecule has 0 unspecified atom stereocenters. The fourth-order valence-corrected chi connectivity index (χ4v) is 4.15. The summed E-state index contributed by atoms with van der Waals surface area (Å²) in [6, 6.07) is 7.58. The van der Waals surface area contributed by atoms with Crippen LogP contribution in [-0.4, -0.2) is 26.7 Å². The number of benzene rings is 1. The van der Waals surface area contributed by atoms with Gasteiger partial charge in [-0.2, -0.15) is 0 Å². The summed E-state index contributed by atoms with van der Waals surface area (Å²) in [5, 5.41) is 4.18. The van der Waals surface area contributed by atoms with Crippen molar-refractivity contribution >= 4 is 15.7 Å². The SMILES string of the molecule is O=C(C[C@H]1C=CS(=O)(=O)C1)N[C@@H]1CCOc2ccccc21. The number of rotatable bonds is 3. The Morgan fingerprint density at radius 2 is 2.14 bits per heavy atom. The van der Waals surface area contributed by atoms with E-state index in [2.05, 4.69) is 5.32 Å². The van der Waals surface area contributed by atoms with Crippen LogP contribution >= 0.6 is 0 Å². The van der Waals surface area contributed by atoms with E-state index in [4.69, 9.17) is 4.74 Å². The van der Waals surface area contributed by atoms with E-state index in [1.54, 1.807) is 6.08 Å². The quantitative estimate of drug-likeness (QED) is 0.920. The molecule has 5 nitrogen and oxygen atoms in total. The van der Waals surface area contributed by atoms with Crippen molar-refractivity contribution in [2.45, 2.75) is 18.9 Å². The number of ether oxygens (including phenoxy) is 1. The van der Waals surface area contributed by atoms with E-state index >= 15 is 0 Å². The third kappa shape index (κ3) is 3.26.